The standard InChI is InChI=1S/C13H16N4O4/c1-7-5-15-11-9(10(7)21-4)12(19)17(6-8(18)14-2)13(20)16(11)3/h5,9H,6H2,1-4H3/p+1. The van der Waals surface area contributed by atoms with Crippen LogP contribution in [0.15, 0.2) is 16.3 Å². The van der Waals surface area contributed by atoms with E-state index in [-0.39, 0.29) is 6.54 Å². The molecule has 21 heavy (non-hydrogen) atoms. The molecule has 0 fully saturated rings. The number of likely N-dealkylation sites (N-methyl/N-ethyl adjacent to an activating group) is 1. The zero-order valence-electron chi connectivity index (χ0n) is 12.3. The summed E-state index contributed by atoms with van der Waals surface area (Å²) >= 11 is 0. The molecule has 0 aromatic heterocycles. The summed E-state index contributed by atoms with van der Waals surface area (Å²) in [6.07, 6.45) is 1.55. The lowest BCUT2D eigenvalue weighted by Gasteiger charge is -2.28. The first-order valence-electron chi connectivity index (χ1n) is 6.37. The third-order valence-corrected chi connectivity index (χ3v) is 3.47. The number of dihydropyridines is 1. The number of methoxy groups -OCH3 is 1. The predicted octanol–water partition coefficient (Wildman–Crippen LogP) is -0.644. The molecule has 8 heteroatoms. The van der Waals surface area contributed by atoms with Crippen LogP contribution in [0, 0.1) is 5.92 Å². The van der Waals surface area contributed by atoms with Gasteiger partial charge in [-0.15, -0.1) is 4.99 Å². The zero-order valence-corrected chi connectivity index (χ0v) is 12.3. The van der Waals surface area contributed by atoms with Crippen molar-refractivity contribution in [3.05, 3.63) is 11.3 Å². The molecule has 0 bridgehead atoms. The number of nitrogens with one attached hydrogen (secondary N) is 1. The van der Waals surface area contributed by atoms with Crippen LogP contribution in [0.3, 0.4) is 0 Å². The average molecular weight is 293 g/mol. The van der Waals surface area contributed by atoms with Crippen molar-refractivity contribution in [2.75, 3.05) is 27.7 Å². The number of rotatable bonds is 3. The van der Waals surface area contributed by atoms with Crippen LogP contribution in [0.1, 0.15) is 6.92 Å². The number of fused-ring (bicyclic) bond motifs is 1. The number of aliphatic imine (C=N–C) groups is 1. The van der Waals surface area contributed by atoms with Crippen LogP contribution in [0.4, 0.5) is 4.79 Å². The summed E-state index contributed by atoms with van der Waals surface area (Å²) < 4.78 is 6.55. The SMILES string of the molecule is CNC(=O)CN1C(=O)C2C(OC)=C(C)C=NC2=[N+](C)C1=O. The summed E-state index contributed by atoms with van der Waals surface area (Å²) in [6.45, 7) is 1.44. The van der Waals surface area contributed by atoms with Crippen LogP contribution in [0.5, 0.6) is 0 Å². The van der Waals surface area contributed by atoms with Gasteiger partial charge in [-0.2, -0.15) is 9.48 Å². The Labute approximate surface area is 121 Å². The Balaban J connectivity index is 2.49. The smallest absolute Gasteiger partial charge is 0.446 e. The van der Waals surface area contributed by atoms with Gasteiger partial charge in [0.25, 0.3) is 11.7 Å². The molecule has 2 rings (SSSR count). The van der Waals surface area contributed by atoms with Crippen LogP contribution in [0.25, 0.3) is 0 Å². The third kappa shape index (κ3) is 2.32. The summed E-state index contributed by atoms with van der Waals surface area (Å²) in [7, 11) is 4.42. The van der Waals surface area contributed by atoms with Gasteiger partial charge in [0, 0.05) is 12.6 Å². The Morgan fingerprint density at radius 1 is 1.52 bits per heavy atom. The summed E-state index contributed by atoms with van der Waals surface area (Å²) in [5.74, 6) is -0.989. The van der Waals surface area contributed by atoms with Crippen molar-refractivity contribution in [1.29, 1.82) is 0 Å². The van der Waals surface area contributed by atoms with Gasteiger partial charge in [-0.25, -0.2) is 4.79 Å². The Bertz CT molecular complexity index is 618. The number of nitrogens with zero attached hydrogens (tertiary/aromatic N) is 3. The highest BCUT2D eigenvalue weighted by Crippen LogP contribution is 2.27. The highest BCUT2D eigenvalue weighted by Gasteiger charge is 2.50. The number of imide groups is 1. The van der Waals surface area contributed by atoms with Crippen LogP contribution in [-0.2, 0) is 14.3 Å². The second-order valence-corrected chi connectivity index (χ2v) is 4.74. The molecule has 0 aromatic rings. The first-order chi connectivity index (χ1) is 9.92. The maximum atomic E-state index is 12.6. The quantitative estimate of drug-likeness (QED) is 0.700. The van der Waals surface area contributed by atoms with Gasteiger partial charge in [0.05, 0.1) is 14.2 Å². The monoisotopic (exact) mass is 293 g/mol. The fourth-order valence-corrected chi connectivity index (χ4v) is 2.33. The highest BCUT2D eigenvalue weighted by molar-refractivity contribution is 6.16. The number of urea groups is 1. The van der Waals surface area contributed by atoms with Crippen molar-refractivity contribution in [3.63, 3.8) is 0 Å². The molecule has 4 amide bonds. The van der Waals surface area contributed by atoms with Crippen LogP contribution in [-0.4, -0.2) is 67.1 Å². The van der Waals surface area contributed by atoms with E-state index in [1.54, 1.807) is 13.1 Å². The largest absolute Gasteiger partial charge is 0.499 e. The molecule has 0 aliphatic carbocycles. The van der Waals surface area contributed by atoms with Crippen molar-refractivity contribution in [2.45, 2.75) is 6.92 Å². The lowest BCUT2D eigenvalue weighted by molar-refractivity contribution is -0.408. The minimum Gasteiger partial charge on any atom is -0.499 e. The second kappa shape index (κ2) is 5.47. The van der Waals surface area contributed by atoms with E-state index in [0.29, 0.717) is 17.2 Å². The third-order valence-electron chi connectivity index (χ3n) is 3.47. The van der Waals surface area contributed by atoms with Gasteiger partial charge in [-0.05, 0) is 6.92 Å². The lowest BCUT2D eigenvalue weighted by atomic mass is 9.96. The van der Waals surface area contributed by atoms with Crippen molar-refractivity contribution < 1.29 is 23.7 Å². The molecular weight excluding hydrogens is 276 g/mol. The fraction of sp³-hybridized carbons (Fsp3) is 0.462. The summed E-state index contributed by atoms with van der Waals surface area (Å²) in [5.41, 5.74) is 0.710. The topological polar surface area (TPSA) is 91.1 Å². The number of amides is 4. The normalized spacial score (nSPS) is 21.7. The maximum absolute atomic E-state index is 12.6. The summed E-state index contributed by atoms with van der Waals surface area (Å²) in [4.78, 5) is 41.3. The van der Waals surface area contributed by atoms with E-state index in [4.69, 9.17) is 4.74 Å². The number of hydrogen-bond acceptors (Lipinski definition) is 5. The van der Waals surface area contributed by atoms with E-state index >= 15 is 0 Å². The minimum absolute atomic E-state index is 0.306. The molecule has 0 radical (unpaired) electrons. The van der Waals surface area contributed by atoms with Crippen molar-refractivity contribution in [3.8, 4) is 0 Å². The van der Waals surface area contributed by atoms with Gasteiger partial charge >= 0.3 is 11.9 Å². The lowest BCUT2D eigenvalue weighted by Crippen LogP contribution is -2.56. The maximum Gasteiger partial charge on any atom is 0.446 e. The average Bonchev–Trinajstić information content (AvgIpc) is 2.48. The molecule has 2 aliphatic heterocycles. The van der Waals surface area contributed by atoms with E-state index in [1.165, 1.54) is 25.8 Å². The molecule has 2 aliphatic rings. The first-order valence-corrected chi connectivity index (χ1v) is 6.37. The van der Waals surface area contributed by atoms with Gasteiger partial charge in [-0.3, -0.25) is 9.59 Å². The molecule has 1 N–H and O–H groups in total. The van der Waals surface area contributed by atoms with Crippen molar-refractivity contribution >= 4 is 29.9 Å². The molecule has 2 heterocycles. The highest BCUT2D eigenvalue weighted by atomic mass is 16.5. The second-order valence-electron chi connectivity index (χ2n) is 4.74. The molecule has 8 nitrogen and oxygen atoms in total. The van der Waals surface area contributed by atoms with E-state index in [1.807, 2.05) is 0 Å². The van der Waals surface area contributed by atoms with Gasteiger partial charge in [0.15, 0.2) is 12.5 Å². The van der Waals surface area contributed by atoms with Crippen molar-refractivity contribution in [1.82, 2.24) is 10.2 Å². The van der Waals surface area contributed by atoms with Gasteiger partial charge in [0.2, 0.25) is 0 Å². The minimum atomic E-state index is -0.799. The number of carbonyl (C=O) groups excluding carboxylic acids is 3. The Hall–Kier alpha value is -2.51. The number of hydrogen-bond donors (Lipinski definition) is 1. The van der Waals surface area contributed by atoms with Crippen LogP contribution >= 0.6 is 0 Å². The summed E-state index contributed by atoms with van der Waals surface area (Å²) in [6, 6.07) is -0.581. The molecule has 112 valence electrons. The molecule has 0 spiro atoms. The zero-order chi connectivity index (χ0) is 15.7. The molecule has 1 atom stereocenters. The van der Waals surface area contributed by atoms with E-state index in [2.05, 4.69) is 10.3 Å². The van der Waals surface area contributed by atoms with Gasteiger partial charge in [0.1, 0.15) is 12.0 Å². The molecule has 1 unspecified atom stereocenters. The summed E-state index contributed by atoms with van der Waals surface area (Å²) in [5, 5.41) is 2.39. The number of carbonyl (C=O) groups is 3. The number of ether oxygens (including phenoxy) is 1. The fourth-order valence-electron chi connectivity index (χ4n) is 2.33. The number of amidine groups is 1. The Morgan fingerprint density at radius 3 is 2.76 bits per heavy atom. The van der Waals surface area contributed by atoms with Crippen LogP contribution in [0.2, 0.25) is 0 Å². The Morgan fingerprint density at radius 2 is 2.19 bits per heavy atom. The molecular formula is C13H17N4O4+. The Kier molecular flexibility index (Phi) is 3.88. The molecule has 0 aromatic carbocycles. The molecule has 0 saturated carbocycles. The predicted molar refractivity (Wildman–Crippen MR) is 74.1 cm³/mol. The van der Waals surface area contributed by atoms with Gasteiger partial charge in [-0.1, -0.05) is 0 Å². The number of allylic oxidation sites excluding steroid dienone is 1. The first kappa shape index (κ1) is 14.9. The van der Waals surface area contributed by atoms with E-state index < -0.39 is 23.8 Å². The van der Waals surface area contributed by atoms with Gasteiger partial charge < -0.3 is 10.1 Å². The van der Waals surface area contributed by atoms with E-state index in [9.17, 15) is 14.4 Å². The van der Waals surface area contributed by atoms with E-state index in [0.717, 1.165) is 4.90 Å². The molecule has 0 saturated heterocycles. The van der Waals surface area contributed by atoms with Crippen molar-refractivity contribution in [2.24, 2.45) is 10.9 Å². The van der Waals surface area contributed by atoms with Crippen LogP contribution < -0.4 is 5.32 Å².